The Morgan fingerprint density at radius 1 is 1.15 bits per heavy atom. The molecule has 1 fully saturated rings. The summed E-state index contributed by atoms with van der Waals surface area (Å²) in [4.78, 5) is 24.8. The number of nitrogens with one attached hydrogen (secondary N) is 2. The predicted octanol–water partition coefficient (Wildman–Crippen LogP) is 4.14. The molecule has 2 N–H and O–H groups in total. The SMILES string of the molecule is O=C(NC(NC1CCCCC1)C(Cl)(Cl)Cl)c1cc2ccccc2oc1=O. The van der Waals surface area contributed by atoms with Gasteiger partial charge in [0.05, 0.1) is 0 Å². The van der Waals surface area contributed by atoms with Crippen molar-refractivity contribution in [1.29, 1.82) is 0 Å². The molecule has 2 aromatic rings. The Bertz CT molecular complexity index is 841. The van der Waals surface area contributed by atoms with Crippen LogP contribution >= 0.6 is 34.8 Å². The zero-order valence-electron chi connectivity index (χ0n) is 13.9. The lowest BCUT2D eigenvalue weighted by atomic mass is 9.95. The number of fused-ring (bicyclic) bond motifs is 1. The highest BCUT2D eigenvalue weighted by Gasteiger charge is 2.36. The molecule has 1 amide bonds. The van der Waals surface area contributed by atoms with Crippen molar-refractivity contribution < 1.29 is 9.21 Å². The van der Waals surface area contributed by atoms with Gasteiger partial charge in [-0.2, -0.15) is 0 Å². The van der Waals surface area contributed by atoms with Gasteiger partial charge < -0.3 is 9.73 Å². The van der Waals surface area contributed by atoms with Crippen LogP contribution in [0.5, 0.6) is 0 Å². The van der Waals surface area contributed by atoms with Crippen molar-refractivity contribution in [2.75, 3.05) is 0 Å². The average Bonchev–Trinajstić information content (AvgIpc) is 2.60. The van der Waals surface area contributed by atoms with E-state index < -0.39 is 21.5 Å². The van der Waals surface area contributed by atoms with E-state index in [4.69, 9.17) is 39.2 Å². The number of amides is 1. The topological polar surface area (TPSA) is 71.3 Å². The van der Waals surface area contributed by atoms with Gasteiger partial charge in [-0.1, -0.05) is 72.3 Å². The molecule has 5 nitrogen and oxygen atoms in total. The first-order valence-corrected chi connectivity index (χ1v) is 9.64. The highest BCUT2D eigenvalue weighted by Crippen LogP contribution is 2.30. The zero-order chi connectivity index (χ0) is 18.7. The molecule has 0 spiro atoms. The quantitative estimate of drug-likeness (QED) is 0.445. The molecule has 26 heavy (non-hydrogen) atoms. The number of hydrogen-bond acceptors (Lipinski definition) is 4. The third-order valence-electron chi connectivity index (χ3n) is 4.50. The number of para-hydroxylation sites is 1. The molecular weight excluding hydrogens is 399 g/mol. The maximum Gasteiger partial charge on any atom is 0.349 e. The molecule has 1 aromatic heterocycles. The van der Waals surface area contributed by atoms with Crippen LogP contribution < -0.4 is 16.3 Å². The summed E-state index contributed by atoms with van der Waals surface area (Å²) in [5, 5.41) is 6.45. The number of rotatable bonds is 4. The lowest BCUT2D eigenvalue weighted by Gasteiger charge is -2.32. The Hall–Kier alpha value is -1.27. The summed E-state index contributed by atoms with van der Waals surface area (Å²) >= 11 is 18.1. The Kier molecular flexibility index (Phi) is 6.13. The first kappa shape index (κ1) is 19.5. The molecule has 1 saturated carbocycles. The Labute approximate surface area is 166 Å². The fraction of sp³-hybridized carbons (Fsp3) is 0.444. The number of alkyl halides is 3. The van der Waals surface area contributed by atoms with Crippen LogP contribution in [0.2, 0.25) is 0 Å². The fourth-order valence-electron chi connectivity index (χ4n) is 3.15. The van der Waals surface area contributed by atoms with Crippen LogP contribution in [-0.2, 0) is 0 Å². The van der Waals surface area contributed by atoms with Gasteiger partial charge in [0.25, 0.3) is 5.91 Å². The van der Waals surface area contributed by atoms with Gasteiger partial charge in [-0.25, -0.2) is 4.79 Å². The normalized spacial score (nSPS) is 17.2. The Balaban J connectivity index is 1.81. The van der Waals surface area contributed by atoms with E-state index in [1.807, 2.05) is 0 Å². The van der Waals surface area contributed by atoms with E-state index in [1.54, 1.807) is 24.3 Å². The van der Waals surface area contributed by atoms with Crippen molar-refractivity contribution in [1.82, 2.24) is 10.6 Å². The maximum atomic E-state index is 12.6. The molecule has 0 saturated heterocycles. The van der Waals surface area contributed by atoms with Crippen LogP contribution in [0.1, 0.15) is 42.5 Å². The van der Waals surface area contributed by atoms with E-state index in [1.165, 1.54) is 12.5 Å². The van der Waals surface area contributed by atoms with E-state index in [9.17, 15) is 9.59 Å². The van der Waals surface area contributed by atoms with Crippen molar-refractivity contribution in [3.63, 3.8) is 0 Å². The van der Waals surface area contributed by atoms with Gasteiger partial charge in [0.15, 0.2) is 0 Å². The fourth-order valence-corrected chi connectivity index (χ4v) is 3.50. The van der Waals surface area contributed by atoms with Crippen molar-refractivity contribution in [2.45, 2.75) is 48.1 Å². The molecular formula is C18H19Cl3N2O3. The zero-order valence-corrected chi connectivity index (χ0v) is 16.2. The van der Waals surface area contributed by atoms with E-state index in [2.05, 4.69) is 10.6 Å². The van der Waals surface area contributed by atoms with E-state index in [0.717, 1.165) is 25.7 Å². The summed E-state index contributed by atoms with van der Waals surface area (Å²) < 4.78 is 3.44. The molecule has 1 aliphatic rings. The molecule has 8 heteroatoms. The molecule has 1 atom stereocenters. The average molecular weight is 418 g/mol. The van der Waals surface area contributed by atoms with Gasteiger partial charge >= 0.3 is 5.63 Å². The monoisotopic (exact) mass is 416 g/mol. The molecule has 1 aromatic carbocycles. The van der Waals surface area contributed by atoms with Gasteiger partial charge in [0, 0.05) is 11.4 Å². The minimum atomic E-state index is -1.76. The van der Waals surface area contributed by atoms with Crippen LogP contribution in [-0.4, -0.2) is 21.9 Å². The van der Waals surface area contributed by atoms with Crippen LogP contribution in [0.15, 0.2) is 39.5 Å². The summed E-state index contributed by atoms with van der Waals surface area (Å²) in [6, 6.07) is 8.58. The number of carbonyl (C=O) groups excluding carboxylic acids is 1. The van der Waals surface area contributed by atoms with Crippen LogP contribution in [0, 0.1) is 0 Å². The third kappa shape index (κ3) is 4.71. The molecule has 0 bridgehead atoms. The van der Waals surface area contributed by atoms with Crippen molar-refractivity contribution in [3.05, 3.63) is 46.3 Å². The van der Waals surface area contributed by atoms with Gasteiger partial charge in [-0.05, 0) is 25.0 Å². The number of carbonyl (C=O) groups is 1. The van der Waals surface area contributed by atoms with E-state index >= 15 is 0 Å². The van der Waals surface area contributed by atoms with Gasteiger partial charge in [0.2, 0.25) is 3.79 Å². The second-order valence-electron chi connectivity index (χ2n) is 6.44. The second-order valence-corrected chi connectivity index (χ2v) is 8.80. The number of benzene rings is 1. The third-order valence-corrected chi connectivity index (χ3v) is 5.15. The van der Waals surface area contributed by atoms with E-state index in [0.29, 0.717) is 11.0 Å². The molecule has 140 valence electrons. The van der Waals surface area contributed by atoms with Crippen molar-refractivity contribution >= 4 is 51.7 Å². The summed E-state index contributed by atoms with van der Waals surface area (Å²) in [7, 11) is 0. The summed E-state index contributed by atoms with van der Waals surface area (Å²) in [6.45, 7) is 0. The number of halogens is 3. The highest BCUT2D eigenvalue weighted by atomic mass is 35.6. The first-order valence-electron chi connectivity index (χ1n) is 8.51. The van der Waals surface area contributed by atoms with Gasteiger partial charge in [0.1, 0.15) is 17.3 Å². The van der Waals surface area contributed by atoms with Crippen LogP contribution in [0.3, 0.4) is 0 Å². The molecule has 0 aliphatic heterocycles. The summed E-state index contributed by atoms with van der Waals surface area (Å²) in [6.07, 6.45) is 4.34. The lowest BCUT2D eigenvalue weighted by molar-refractivity contribution is 0.0920. The minimum absolute atomic E-state index is 0.131. The number of hydrogen-bond donors (Lipinski definition) is 2. The van der Waals surface area contributed by atoms with Crippen molar-refractivity contribution in [2.24, 2.45) is 0 Å². The predicted molar refractivity (Wildman–Crippen MR) is 104 cm³/mol. The minimum Gasteiger partial charge on any atom is -0.422 e. The van der Waals surface area contributed by atoms with Crippen LogP contribution in [0.4, 0.5) is 0 Å². The summed E-state index contributed by atoms with van der Waals surface area (Å²) in [5.41, 5.74) is -0.456. The molecule has 1 aliphatic carbocycles. The first-order chi connectivity index (χ1) is 12.3. The summed E-state index contributed by atoms with van der Waals surface area (Å²) in [5.74, 6) is -0.649. The van der Waals surface area contributed by atoms with Crippen LogP contribution in [0.25, 0.3) is 11.0 Å². The van der Waals surface area contributed by atoms with Gasteiger partial charge in [-0.3, -0.25) is 10.1 Å². The second kappa shape index (κ2) is 8.17. The maximum absolute atomic E-state index is 12.6. The molecule has 1 heterocycles. The lowest BCUT2D eigenvalue weighted by Crippen LogP contribution is -2.57. The standard InChI is InChI=1S/C18H19Cl3N2O3/c19-18(20,21)17(22-12-7-2-1-3-8-12)23-15(24)13-10-11-6-4-5-9-14(11)26-16(13)25/h4-6,9-10,12,17,22H,1-3,7-8H2,(H,23,24). The van der Waals surface area contributed by atoms with E-state index in [-0.39, 0.29) is 11.6 Å². The smallest absolute Gasteiger partial charge is 0.349 e. The molecule has 1 unspecified atom stereocenters. The molecule has 0 radical (unpaired) electrons. The Morgan fingerprint density at radius 2 is 1.85 bits per heavy atom. The Morgan fingerprint density at radius 3 is 2.54 bits per heavy atom. The largest absolute Gasteiger partial charge is 0.422 e. The molecule has 3 rings (SSSR count). The van der Waals surface area contributed by atoms with Gasteiger partial charge in [-0.15, -0.1) is 0 Å². The van der Waals surface area contributed by atoms with Crippen molar-refractivity contribution in [3.8, 4) is 0 Å². The highest BCUT2D eigenvalue weighted by molar-refractivity contribution is 6.68.